The molecule has 0 radical (unpaired) electrons. The van der Waals surface area contributed by atoms with Gasteiger partial charge < -0.3 is 5.73 Å². The zero-order chi connectivity index (χ0) is 11.6. The SMILES string of the molecule is CC(N)Cc1ccc(Br)c(C(F)(F)F)c1. The molecule has 1 rings (SSSR count). The zero-order valence-corrected chi connectivity index (χ0v) is 9.69. The molecule has 0 aliphatic heterocycles. The van der Waals surface area contributed by atoms with Crippen LogP contribution in [0.1, 0.15) is 18.1 Å². The molecular formula is C10H11BrF3N. The highest BCUT2D eigenvalue weighted by molar-refractivity contribution is 9.10. The van der Waals surface area contributed by atoms with Crippen molar-refractivity contribution in [2.75, 3.05) is 0 Å². The summed E-state index contributed by atoms with van der Waals surface area (Å²) in [5, 5.41) is 0. The van der Waals surface area contributed by atoms with Crippen LogP contribution < -0.4 is 5.73 Å². The molecule has 1 unspecified atom stereocenters. The van der Waals surface area contributed by atoms with Crippen molar-refractivity contribution in [3.8, 4) is 0 Å². The minimum Gasteiger partial charge on any atom is -0.328 e. The van der Waals surface area contributed by atoms with Gasteiger partial charge >= 0.3 is 6.18 Å². The summed E-state index contributed by atoms with van der Waals surface area (Å²) in [6, 6.07) is 4.03. The molecule has 0 aromatic heterocycles. The lowest BCUT2D eigenvalue weighted by molar-refractivity contribution is -0.138. The number of halogens is 4. The molecule has 1 aromatic rings. The van der Waals surface area contributed by atoms with Crippen molar-refractivity contribution >= 4 is 15.9 Å². The molecule has 84 valence electrons. The third-order valence-electron chi connectivity index (χ3n) is 1.89. The second kappa shape index (κ2) is 4.53. The smallest absolute Gasteiger partial charge is 0.328 e. The van der Waals surface area contributed by atoms with E-state index < -0.39 is 11.7 Å². The van der Waals surface area contributed by atoms with Gasteiger partial charge in [0.2, 0.25) is 0 Å². The second-order valence-electron chi connectivity index (χ2n) is 3.49. The highest BCUT2D eigenvalue weighted by Crippen LogP contribution is 2.35. The van der Waals surface area contributed by atoms with E-state index in [0.717, 1.165) is 6.07 Å². The third kappa shape index (κ3) is 3.50. The topological polar surface area (TPSA) is 26.0 Å². The molecule has 0 saturated carbocycles. The maximum Gasteiger partial charge on any atom is 0.417 e. The van der Waals surface area contributed by atoms with E-state index in [0.29, 0.717) is 12.0 Å². The Bertz CT molecular complexity index is 347. The van der Waals surface area contributed by atoms with Crippen molar-refractivity contribution < 1.29 is 13.2 Å². The molecule has 0 bridgehead atoms. The summed E-state index contributed by atoms with van der Waals surface area (Å²) < 4.78 is 37.6. The Labute approximate surface area is 94.6 Å². The van der Waals surface area contributed by atoms with Crippen LogP contribution in [-0.4, -0.2) is 6.04 Å². The van der Waals surface area contributed by atoms with E-state index in [4.69, 9.17) is 5.73 Å². The van der Waals surface area contributed by atoms with Crippen LogP contribution >= 0.6 is 15.9 Å². The van der Waals surface area contributed by atoms with Crippen molar-refractivity contribution in [2.45, 2.75) is 25.6 Å². The Morgan fingerprint density at radius 2 is 2.00 bits per heavy atom. The summed E-state index contributed by atoms with van der Waals surface area (Å²) in [6.07, 6.45) is -3.89. The summed E-state index contributed by atoms with van der Waals surface area (Å²) in [7, 11) is 0. The van der Waals surface area contributed by atoms with Gasteiger partial charge in [0.1, 0.15) is 0 Å². The molecule has 0 spiro atoms. The van der Waals surface area contributed by atoms with Gasteiger partial charge in [-0.2, -0.15) is 13.2 Å². The van der Waals surface area contributed by atoms with Gasteiger partial charge in [-0.25, -0.2) is 0 Å². The van der Waals surface area contributed by atoms with Crippen LogP contribution in [0.2, 0.25) is 0 Å². The normalized spacial score (nSPS) is 14.0. The van der Waals surface area contributed by atoms with E-state index in [1.54, 1.807) is 13.0 Å². The van der Waals surface area contributed by atoms with Gasteiger partial charge in [0.15, 0.2) is 0 Å². The maximum atomic E-state index is 12.5. The fourth-order valence-corrected chi connectivity index (χ4v) is 1.76. The first-order valence-corrected chi connectivity index (χ1v) is 5.21. The highest BCUT2D eigenvalue weighted by Gasteiger charge is 2.33. The van der Waals surface area contributed by atoms with E-state index in [-0.39, 0.29) is 10.5 Å². The molecule has 1 aromatic carbocycles. The number of hydrogen-bond acceptors (Lipinski definition) is 1. The Morgan fingerprint density at radius 1 is 1.40 bits per heavy atom. The molecule has 2 N–H and O–H groups in total. The van der Waals surface area contributed by atoms with Crippen molar-refractivity contribution in [3.63, 3.8) is 0 Å². The van der Waals surface area contributed by atoms with E-state index in [1.807, 2.05) is 0 Å². The molecule has 5 heteroatoms. The number of rotatable bonds is 2. The highest BCUT2D eigenvalue weighted by atomic mass is 79.9. The van der Waals surface area contributed by atoms with Gasteiger partial charge in [0, 0.05) is 10.5 Å². The van der Waals surface area contributed by atoms with Crippen molar-refractivity contribution in [1.82, 2.24) is 0 Å². The lowest BCUT2D eigenvalue weighted by Crippen LogP contribution is -2.18. The zero-order valence-electron chi connectivity index (χ0n) is 8.11. The van der Waals surface area contributed by atoms with Crippen LogP contribution in [0.5, 0.6) is 0 Å². The molecule has 15 heavy (non-hydrogen) atoms. The van der Waals surface area contributed by atoms with Gasteiger partial charge in [0.25, 0.3) is 0 Å². The lowest BCUT2D eigenvalue weighted by atomic mass is 10.0. The minimum atomic E-state index is -4.33. The predicted molar refractivity (Wildman–Crippen MR) is 56.5 cm³/mol. The molecule has 1 atom stereocenters. The molecular weight excluding hydrogens is 271 g/mol. The van der Waals surface area contributed by atoms with E-state index in [9.17, 15) is 13.2 Å². The maximum absolute atomic E-state index is 12.5. The van der Waals surface area contributed by atoms with E-state index in [1.165, 1.54) is 6.07 Å². The molecule has 0 aliphatic carbocycles. The number of nitrogens with two attached hydrogens (primary N) is 1. The first-order chi connectivity index (χ1) is 6.80. The van der Waals surface area contributed by atoms with Crippen LogP contribution in [0.15, 0.2) is 22.7 Å². The molecule has 0 saturated heterocycles. The number of benzene rings is 1. The summed E-state index contributed by atoms with van der Waals surface area (Å²) in [5.41, 5.74) is 5.47. The summed E-state index contributed by atoms with van der Waals surface area (Å²) >= 11 is 2.88. The monoisotopic (exact) mass is 281 g/mol. The minimum absolute atomic E-state index is 0.0587. The van der Waals surface area contributed by atoms with Crippen LogP contribution in [0.4, 0.5) is 13.2 Å². The van der Waals surface area contributed by atoms with Crippen LogP contribution in [-0.2, 0) is 12.6 Å². The van der Waals surface area contributed by atoms with Gasteiger partial charge in [-0.05, 0) is 31.0 Å². The average molecular weight is 282 g/mol. The summed E-state index contributed by atoms with van der Waals surface area (Å²) in [4.78, 5) is 0. The molecule has 0 aliphatic rings. The molecule has 0 heterocycles. The van der Waals surface area contributed by atoms with Gasteiger partial charge in [-0.3, -0.25) is 0 Å². The van der Waals surface area contributed by atoms with Crippen molar-refractivity contribution in [1.29, 1.82) is 0 Å². The Hall–Kier alpha value is -0.550. The predicted octanol–water partition coefficient (Wildman–Crippen LogP) is 3.36. The van der Waals surface area contributed by atoms with Crippen molar-refractivity contribution in [3.05, 3.63) is 33.8 Å². The molecule has 0 amide bonds. The largest absolute Gasteiger partial charge is 0.417 e. The first-order valence-electron chi connectivity index (χ1n) is 4.42. The summed E-state index contributed by atoms with van der Waals surface area (Å²) in [6.45, 7) is 1.76. The number of hydrogen-bond donors (Lipinski definition) is 1. The van der Waals surface area contributed by atoms with Gasteiger partial charge in [-0.15, -0.1) is 0 Å². The van der Waals surface area contributed by atoms with Crippen molar-refractivity contribution in [2.24, 2.45) is 5.73 Å². The quantitative estimate of drug-likeness (QED) is 0.884. The Morgan fingerprint density at radius 3 is 2.47 bits per heavy atom. The lowest BCUT2D eigenvalue weighted by Gasteiger charge is -2.12. The molecule has 1 nitrogen and oxygen atoms in total. The van der Waals surface area contributed by atoms with Gasteiger partial charge in [0.05, 0.1) is 5.56 Å². The molecule has 0 fully saturated rings. The Balaban J connectivity index is 3.06. The van der Waals surface area contributed by atoms with E-state index in [2.05, 4.69) is 15.9 Å². The van der Waals surface area contributed by atoms with Crippen LogP contribution in [0.25, 0.3) is 0 Å². The fourth-order valence-electron chi connectivity index (χ4n) is 1.29. The van der Waals surface area contributed by atoms with Crippen LogP contribution in [0.3, 0.4) is 0 Å². The van der Waals surface area contributed by atoms with Gasteiger partial charge in [-0.1, -0.05) is 22.0 Å². The fraction of sp³-hybridized carbons (Fsp3) is 0.400. The van der Waals surface area contributed by atoms with Crippen LogP contribution in [0, 0.1) is 0 Å². The second-order valence-corrected chi connectivity index (χ2v) is 4.35. The number of alkyl halides is 3. The van der Waals surface area contributed by atoms with E-state index >= 15 is 0 Å². The standard InChI is InChI=1S/C10H11BrF3N/c1-6(15)4-7-2-3-9(11)8(5-7)10(12,13)14/h2-3,5-6H,4,15H2,1H3. The third-order valence-corrected chi connectivity index (χ3v) is 2.59. The first kappa shape index (κ1) is 12.5. The summed E-state index contributed by atoms with van der Waals surface area (Å²) in [5.74, 6) is 0. The average Bonchev–Trinajstić information content (AvgIpc) is 2.05. The Kier molecular flexibility index (Phi) is 3.78.